The zero-order valence-electron chi connectivity index (χ0n) is 9.26. The van der Waals surface area contributed by atoms with Gasteiger partial charge in [0.15, 0.2) is 0 Å². The van der Waals surface area contributed by atoms with Crippen molar-refractivity contribution in [1.82, 2.24) is 0 Å². The second-order valence-corrected chi connectivity index (χ2v) is 3.97. The van der Waals surface area contributed by atoms with Gasteiger partial charge >= 0.3 is 0 Å². The monoisotopic (exact) mass is 257 g/mol. The highest BCUT2D eigenvalue weighted by Crippen LogP contribution is 2.21. The fourth-order valence-electron chi connectivity index (χ4n) is 1.43. The maximum atomic E-state index is 10.8. The van der Waals surface area contributed by atoms with Crippen molar-refractivity contribution in [2.75, 3.05) is 0 Å². The molecule has 0 N–H and O–H groups in total. The van der Waals surface area contributed by atoms with Crippen molar-refractivity contribution in [1.29, 1.82) is 0 Å². The first-order valence-corrected chi connectivity index (χ1v) is 5.55. The molecule has 0 spiro atoms. The molecule has 0 amide bonds. The van der Waals surface area contributed by atoms with Crippen LogP contribution < -0.4 is 0 Å². The van der Waals surface area contributed by atoms with Crippen molar-refractivity contribution in [2.24, 2.45) is 0 Å². The van der Waals surface area contributed by atoms with Crippen LogP contribution >= 0.6 is 11.6 Å². The van der Waals surface area contributed by atoms with Gasteiger partial charge < -0.3 is 0 Å². The zero-order valence-corrected chi connectivity index (χ0v) is 10.0. The summed E-state index contributed by atoms with van der Waals surface area (Å²) in [6.07, 6.45) is 0. The first-order valence-electron chi connectivity index (χ1n) is 5.18. The van der Waals surface area contributed by atoms with Crippen LogP contribution in [0.1, 0.15) is 11.1 Å². The van der Waals surface area contributed by atoms with E-state index in [0.717, 1.165) is 5.56 Å². The number of nitrogens with zero attached hydrogens (tertiary/aromatic N) is 1. The van der Waals surface area contributed by atoms with E-state index < -0.39 is 4.92 Å². The van der Waals surface area contributed by atoms with Crippen LogP contribution in [0.3, 0.4) is 0 Å². The molecule has 3 nitrogen and oxygen atoms in total. The van der Waals surface area contributed by atoms with Crippen LogP contribution in [-0.4, -0.2) is 4.92 Å². The Kier molecular flexibility index (Phi) is 3.61. The molecular weight excluding hydrogens is 250 g/mol. The maximum Gasteiger partial charge on any atom is 0.285 e. The van der Waals surface area contributed by atoms with E-state index in [0.29, 0.717) is 10.6 Å². The van der Waals surface area contributed by atoms with Gasteiger partial charge in [-0.15, -0.1) is 0 Å². The minimum atomic E-state index is -0.467. The summed E-state index contributed by atoms with van der Waals surface area (Å²) >= 11 is 5.81. The molecule has 0 fully saturated rings. The number of nitro benzene ring substituents is 1. The molecule has 0 atom stereocenters. The molecule has 2 rings (SSSR count). The summed E-state index contributed by atoms with van der Waals surface area (Å²) < 4.78 is 0. The van der Waals surface area contributed by atoms with Crippen LogP contribution in [0.25, 0.3) is 0 Å². The Morgan fingerprint density at radius 2 is 1.78 bits per heavy atom. The highest BCUT2D eigenvalue weighted by molar-refractivity contribution is 6.30. The maximum absolute atomic E-state index is 10.8. The van der Waals surface area contributed by atoms with Gasteiger partial charge in [-0.1, -0.05) is 41.6 Å². The lowest BCUT2D eigenvalue weighted by Crippen LogP contribution is -1.91. The van der Waals surface area contributed by atoms with E-state index in [1.165, 1.54) is 18.2 Å². The smallest absolute Gasteiger partial charge is 0.258 e. The van der Waals surface area contributed by atoms with E-state index in [-0.39, 0.29) is 5.69 Å². The van der Waals surface area contributed by atoms with E-state index in [4.69, 9.17) is 11.6 Å². The predicted molar refractivity (Wildman–Crippen MR) is 70.5 cm³/mol. The van der Waals surface area contributed by atoms with Gasteiger partial charge in [-0.05, 0) is 24.3 Å². The first kappa shape index (κ1) is 12.2. The number of hydrogen-bond donors (Lipinski definition) is 0. The Morgan fingerprint density at radius 3 is 2.44 bits per heavy atom. The number of benzene rings is 2. The van der Waals surface area contributed by atoms with Crippen LogP contribution in [0, 0.1) is 22.0 Å². The molecule has 2 aromatic rings. The molecule has 0 aliphatic heterocycles. The average Bonchev–Trinajstić information content (AvgIpc) is 2.37. The molecule has 0 saturated heterocycles. The number of hydrogen-bond acceptors (Lipinski definition) is 2. The molecule has 88 valence electrons. The van der Waals surface area contributed by atoms with Crippen molar-refractivity contribution in [3.63, 3.8) is 0 Å². The highest BCUT2D eigenvalue weighted by Gasteiger charge is 2.11. The van der Waals surface area contributed by atoms with Crippen LogP contribution in [0.15, 0.2) is 48.5 Å². The Labute approximate surface area is 109 Å². The molecule has 0 saturated carbocycles. The molecule has 0 heterocycles. The summed E-state index contributed by atoms with van der Waals surface area (Å²) in [6, 6.07) is 13.6. The van der Waals surface area contributed by atoms with E-state index in [1.807, 2.05) is 30.3 Å². The SMILES string of the molecule is O=[N+]([O-])c1ccc(Cl)cc1C#Cc1ccccc1. The second-order valence-electron chi connectivity index (χ2n) is 3.53. The van der Waals surface area contributed by atoms with Crippen LogP contribution in [0.5, 0.6) is 0 Å². The van der Waals surface area contributed by atoms with Gasteiger partial charge in [-0.3, -0.25) is 10.1 Å². The summed E-state index contributed by atoms with van der Waals surface area (Å²) in [7, 11) is 0. The van der Waals surface area contributed by atoms with Gasteiger partial charge in [0.2, 0.25) is 0 Å². The number of halogens is 1. The van der Waals surface area contributed by atoms with Crippen LogP contribution in [0.4, 0.5) is 5.69 Å². The van der Waals surface area contributed by atoms with E-state index in [9.17, 15) is 10.1 Å². The van der Waals surface area contributed by atoms with Crippen molar-refractivity contribution in [3.05, 3.63) is 74.8 Å². The van der Waals surface area contributed by atoms with Gasteiger partial charge in [0.1, 0.15) is 5.56 Å². The second kappa shape index (κ2) is 5.35. The van der Waals surface area contributed by atoms with Crippen molar-refractivity contribution < 1.29 is 4.92 Å². The third kappa shape index (κ3) is 2.88. The molecule has 0 radical (unpaired) electrons. The van der Waals surface area contributed by atoms with Crippen molar-refractivity contribution >= 4 is 17.3 Å². The molecule has 0 bridgehead atoms. The highest BCUT2D eigenvalue weighted by atomic mass is 35.5. The zero-order chi connectivity index (χ0) is 13.0. The summed E-state index contributed by atoms with van der Waals surface area (Å²) in [6.45, 7) is 0. The first-order chi connectivity index (χ1) is 8.66. The lowest BCUT2D eigenvalue weighted by molar-refractivity contribution is -0.385. The average molecular weight is 258 g/mol. The summed E-state index contributed by atoms with van der Waals surface area (Å²) in [5.41, 5.74) is 1.07. The van der Waals surface area contributed by atoms with Crippen molar-refractivity contribution in [3.8, 4) is 11.8 Å². The number of nitro groups is 1. The predicted octanol–water partition coefficient (Wildman–Crippen LogP) is 3.65. The van der Waals surface area contributed by atoms with Crippen molar-refractivity contribution in [2.45, 2.75) is 0 Å². The minimum absolute atomic E-state index is 0.0390. The molecule has 18 heavy (non-hydrogen) atoms. The molecule has 0 aliphatic carbocycles. The minimum Gasteiger partial charge on any atom is -0.258 e. The molecule has 4 heteroatoms. The molecule has 0 aliphatic rings. The standard InChI is InChI=1S/C14H8ClNO2/c15-13-8-9-14(16(17)18)12(10-13)7-6-11-4-2-1-3-5-11/h1-5,8-10H. The van der Waals surface area contributed by atoms with Gasteiger partial charge in [-0.25, -0.2) is 0 Å². The Morgan fingerprint density at radius 1 is 1.06 bits per heavy atom. The van der Waals surface area contributed by atoms with E-state index in [1.54, 1.807) is 0 Å². The quantitative estimate of drug-likeness (QED) is 0.445. The fourth-order valence-corrected chi connectivity index (χ4v) is 1.60. The molecular formula is C14H8ClNO2. The summed E-state index contributed by atoms with van der Waals surface area (Å²) in [5, 5.41) is 11.3. The third-order valence-electron chi connectivity index (χ3n) is 2.27. The van der Waals surface area contributed by atoms with E-state index in [2.05, 4.69) is 11.8 Å². The topological polar surface area (TPSA) is 43.1 Å². The molecule has 0 unspecified atom stereocenters. The largest absolute Gasteiger partial charge is 0.285 e. The lowest BCUT2D eigenvalue weighted by Gasteiger charge is -1.96. The Balaban J connectivity index is 2.43. The summed E-state index contributed by atoms with van der Waals surface area (Å²) in [4.78, 5) is 10.4. The van der Waals surface area contributed by atoms with Gasteiger partial charge in [0.25, 0.3) is 5.69 Å². The van der Waals surface area contributed by atoms with Gasteiger partial charge in [-0.2, -0.15) is 0 Å². The van der Waals surface area contributed by atoms with E-state index >= 15 is 0 Å². The van der Waals surface area contributed by atoms with Crippen LogP contribution in [-0.2, 0) is 0 Å². The summed E-state index contributed by atoms with van der Waals surface area (Å²) in [5.74, 6) is 5.65. The lowest BCUT2D eigenvalue weighted by atomic mass is 10.1. The molecule has 2 aromatic carbocycles. The Bertz CT molecular complexity index is 642. The van der Waals surface area contributed by atoms with Crippen LogP contribution in [0.2, 0.25) is 5.02 Å². The molecule has 0 aromatic heterocycles. The van der Waals surface area contributed by atoms with Gasteiger partial charge in [0.05, 0.1) is 4.92 Å². The third-order valence-corrected chi connectivity index (χ3v) is 2.51. The van der Waals surface area contributed by atoms with Gasteiger partial charge in [0, 0.05) is 16.7 Å². The Hall–Kier alpha value is -2.31. The normalized spacial score (nSPS) is 9.39. The number of rotatable bonds is 1. The fraction of sp³-hybridized carbons (Fsp3) is 0.